The summed E-state index contributed by atoms with van der Waals surface area (Å²) in [6.07, 6.45) is -13.8. The van der Waals surface area contributed by atoms with Gasteiger partial charge in [0.2, 0.25) is 11.8 Å². The molecule has 4 N–H and O–H groups in total. The second-order valence-corrected chi connectivity index (χ2v) is 14.8. The van der Waals surface area contributed by atoms with E-state index in [1.807, 2.05) is 0 Å². The topological polar surface area (TPSA) is 141 Å². The summed E-state index contributed by atoms with van der Waals surface area (Å²) in [4.78, 5) is 59.3. The minimum Gasteiger partial charge on any atom is -0.375 e. The van der Waals surface area contributed by atoms with Crippen LogP contribution in [-0.4, -0.2) is 76.9 Å². The minimum absolute atomic E-state index is 0.0432. The lowest BCUT2D eigenvalue weighted by atomic mass is 10.0. The molecule has 0 fully saturated rings. The van der Waals surface area contributed by atoms with Gasteiger partial charge >= 0.3 is 30.6 Å². The average Bonchev–Trinajstić information content (AvgIpc) is 3.02. The fourth-order valence-electron chi connectivity index (χ4n) is 3.93. The highest BCUT2D eigenvalue weighted by atomic mass is 79.9. The summed E-state index contributed by atoms with van der Waals surface area (Å²) in [5.41, 5.74) is -4.94. The fraction of sp³-hybridized carbons (Fsp3) is 0.515. The zero-order chi connectivity index (χ0) is 43.6. The molecule has 56 heavy (non-hydrogen) atoms. The predicted octanol–water partition coefficient (Wildman–Crippen LogP) is 8.35. The molecule has 2 aromatic rings. The van der Waals surface area contributed by atoms with E-state index in [9.17, 15) is 58.7 Å². The van der Waals surface area contributed by atoms with Crippen molar-refractivity contribution in [3.8, 4) is 11.5 Å². The van der Waals surface area contributed by atoms with E-state index < -0.39 is 71.2 Å². The van der Waals surface area contributed by atoms with Crippen molar-refractivity contribution in [3.63, 3.8) is 0 Å². The molecule has 0 bridgehead atoms. The molecular weight excluding hydrogens is 907 g/mol. The first-order chi connectivity index (χ1) is 25.3. The van der Waals surface area contributed by atoms with E-state index in [0.717, 1.165) is 37.1 Å². The van der Waals surface area contributed by atoms with Crippen LogP contribution in [0.2, 0.25) is 0 Å². The summed E-state index contributed by atoms with van der Waals surface area (Å²) in [6, 6.07) is 3.77. The van der Waals surface area contributed by atoms with Gasteiger partial charge in [-0.2, -0.15) is 49.6 Å². The summed E-state index contributed by atoms with van der Waals surface area (Å²) in [7, 11) is 0. The van der Waals surface area contributed by atoms with Crippen LogP contribution in [0, 0.1) is 0 Å². The quantitative estimate of drug-likeness (QED) is 0.125. The second kappa shape index (κ2) is 19.8. The number of benzene rings is 2. The molecule has 0 aromatic heterocycles. The summed E-state index contributed by atoms with van der Waals surface area (Å²) in [6.45, 7) is 10.2. The van der Waals surface area contributed by atoms with Gasteiger partial charge in [0.25, 0.3) is 0 Å². The number of alkyl halides is 9. The SMILES string of the molecule is CCN(Oc1cc(Br)cc(C(F)(F)F)c1)C(=O)NC(C)(C)C(=O)NC(C)C.CCN(Oc1cc(Br)cc(C(F)(F)F)c1)C(=O)NC(C)(C)C(=O)NCC(F)(F)F. The first-order valence-corrected chi connectivity index (χ1v) is 17.9. The maximum absolute atomic E-state index is 12.9. The van der Waals surface area contributed by atoms with Crippen molar-refractivity contribution >= 4 is 55.7 Å². The van der Waals surface area contributed by atoms with Crippen molar-refractivity contribution in [3.05, 3.63) is 56.5 Å². The Morgan fingerprint density at radius 1 is 0.643 bits per heavy atom. The van der Waals surface area contributed by atoms with E-state index in [2.05, 4.69) is 47.8 Å². The minimum atomic E-state index is -4.65. The summed E-state index contributed by atoms with van der Waals surface area (Å²) >= 11 is 5.90. The number of hydrogen-bond donors (Lipinski definition) is 4. The van der Waals surface area contributed by atoms with E-state index >= 15 is 0 Å². The highest BCUT2D eigenvalue weighted by molar-refractivity contribution is 9.10. The number of urea groups is 2. The van der Waals surface area contributed by atoms with Gasteiger partial charge in [-0.05, 0) is 91.8 Å². The van der Waals surface area contributed by atoms with E-state index in [1.165, 1.54) is 32.9 Å². The van der Waals surface area contributed by atoms with Gasteiger partial charge in [-0.15, -0.1) is 0 Å². The van der Waals surface area contributed by atoms with Crippen molar-refractivity contribution in [2.75, 3.05) is 19.6 Å². The number of carbonyl (C=O) groups excluding carboxylic acids is 4. The van der Waals surface area contributed by atoms with Crippen LogP contribution in [0.1, 0.15) is 66.5 Å². The third kappa shape index (κ3) is 16.9. The van der Waals surface area contributed by atoms with Crippen LogP contribution in [0.5, 0.6) is 11.5 Å². The first kappa shape index (κ1) is 49.9. The predicted molar refractivity (Wildman–Crippen MR) is 192 cm³/mol. The van der Waals surface area contributed by atoms with Gasteiger partial charge in [0.1, 0.15) is 17.6 Å². The molecule has 0 aliphatic carbocycles. The Balaban J connectivity index is 0.000000561. The van der Waals surface area contributed by atoms with E-state index in [4.69, 9.17) is 9.68 Å². The summed E-state index contributed by atoms with van der Waals surface area (Å²) < 4.78 is 114. The number of hydrogen-bond acceptors (Lipinski definition) is 6. The normalized spacial score (nSPS) is 12.1. The summed E-state index contributed by atoms with van der Waals surface area (Å²) in [5, 5.41) is 10.5. The van der Waals surface area contributed by atoms with Gasteiger partial charge < -0.3 is 30.9 Å². The van der Waals surface area contributed by atoms with Crippen LogP contribution in [0.15, 0.2) is 45.3 Å². The Kier molecular flexibility index (Phi) is 17.6. The van der Waals surface area contributed by atoms with E-state index in [0.29, 0.717) is 11.1 Å². The molecule has 12 nitrogen and oxygen atoms in total. The molecule has 0 spiro atoms. The van der Waals surface area contributed by atoms with Gasteiger partial charge in [-0.1, -0.05) is 31.9 Å². The van der Waals surface area contributed by atoms with Crippen LogP contribution in [0.3, 0.4) is 0 Å². The third-order valence-corrected chi connectivity index (χ3v) is 7.61. The Hall–Kier alpha value is -4.15. The number of carbonyl (C=O) groups is 4. The van der Waals surface area contributed by atoms with Crippen LogP contribution in [0.4, 0.5) is 49.1 Å². The second-order valence-electron chi connectivity index (χ2n) is 13.0. The molecule has 23 heteroatoms. The third-order valence-electron chi connectivity index (χ3n) is 6.70. The molecule has 6 amide bonds. The van der Waals surface area contributed by atoms with Gasteiger partial charge in [-0.25, -0.2) is 9.59 Å². The smallest absolute Gasteiger partial charge is 0.375 e. The Labute approximate surface area is 333 Å². The number of amides is 6. The number of nitrogens with zero attached hydrogens (tertiary/aromatic N) is 2. The number of rotatable bonds is 12. The van der Waals surface area contributed by atoms with Gasteiger partial charge in [0.15, 0.2) is 11.5 Å². The molecule has 0 atom stereocenters. The van der Waals surface area contributed by atoms with Crippen LogP contribution in [-0.2, 0) is 21.9 Å². The lowest BCUT2D eigenvalue weighted by Crippen LogP contribution is -2.59. The Bertz CT molecular complexity index is 1690. The van der Waals surface area contributed by atoms with Crippen molar-refractivity contribution < 1.29 is 68.4 Å². The Morgan fingerprint density at radius 2 is 1.00 bits per heavy atom. The molecule has 0 saturated heterocycles. The maximum atomic E-state index is 12.9. The number of hydroxylamine groups is 4. The van der Waals surface area contributed by atoms with Crippen molar-refractivity contribution in [1.82, 2.24) is 31.4 Å². The molecule has 0 saturated carbocycles. The zero-order valence-corrected chi connectivity index (χ0v) is 34.3. The monoisotopic (exact) mass is 946 g/mol. The maximum Gasteiger partial charge on any atom is 0.416 e. The summed E-state index contributed by atoms with van der Waals surface area (Å²) in [5.74, 6) is -1.99. The van der Waals surface area contributed by atoms with Gasteiger partial charge in [0, 0.05) is 15.0 Å². The van der Waals surface area contributed by atoms with Crippen LogP contribution < -0.4 is 30.9 Å². The fourth-order valence-corrected chi connectivity index (χ4v) is 4.87. The highest BCUT2D eigenvalue weighted by Gasteiger charge is 2.37. The van der Waals surface area contributed by atoms with Gasteiger partial charge in [0.05, 0.1) is 24.2 Å². The largest absolute Gasteiger partial charge is 0.416 e. The molecular formula is C33H41Br2F9N6O6. The molecule has 0 heterocycles. The van der Waals surface area contributed by atoms with Crippen molar-refractivity contribution in [2.24, 2.45) is 0 Å². The number of nitrogens with one attached hydrogen (secondary N) is 4. The molecule has 0 aliphatic heterocycles. The first-order valence-electron chi connectivity index (χ1n) is 16.3. The number of halogens is 11. The van der Waals surface area contributed by atoms with Crippen molar-refractivity contribution in [1.29, 1.82) is 0 Å². The van der Waals surface area contributed by atoms with E-state index in [1.54, 1.807) is 26.1 Å². The molecule has 0 aliphatic rings. The van der Waals surface area contributed by atoms with Crippen LogP contribution >= 0.6 is 31.9 Å². The van der Waals surface area contributed by atoms with E-state index in [-0.39, 0.29) is 39.6 Å². The Morgan fingerprint density at radius 3 is 1.30 bits per heavy atom. The zero-order valence-electron chi connectivity index (χ0n) is 31.2. The molecule has 2 aromatic carbocycles. The molecule has 2 rings (SSSR count). The van der Waals surface area contributed by atoms with Crippen LogP contribution in [0.25, 0.3) is 0 Å². The standard InChI is InChI=1S/C17H23BrF3N3O3.C16H18BrF6N3O3/c1-6-24(15(26)23-16(4,5)14(25)22-10(2)3)27-13-8-11(17(19,20)21)7-12(18)9-13;1-4-26(29-11-6-9(16(21,22)23)5-10(17)7-11)13(28)25-14(2,3)12(27)24-8-15(18,19)20/h7-10H,6H2,1-5H3,(H,22,25)(H,23,26);5-7H,4,8H2,1-3H3,(H,24,27)(H,25,28). The molecule has 0 radical (unpaired) electrons. The molecule has 316 valence electrons. The van der Waals surface area contributed by atoms with Crippen molar-refractivity contribution in [2.45, 2.75) is 91.0 Å². The highest BCUT2D eigenvalue weighted by Crippen LogP contribution is 2.35. The van der Waals surface area contributed by atoms with Gasteiger partial charge in [-0.3, -0.25) is 9.59 Å². The lowest BCUT2D eigenvalue weighted by Gasteiger charge is -2.29. The average molecular weight is 949 g/mol. The molecule has 0 unspecified atom stereocenters. The lowest BCUT2D eigenvalue weighted by molar-refractivity contribution is -0.141.